The van der Waals surface area contributed by atoms with E-state index in [1.54, 1.807) is 18.2 Å². The molecule has 0 spiro atoms. The first-order valence-electron chi connectivity index (χ1n) is 10.6. The standard InChI is InChI=1S/C21H30N6O4/c1-11-8-9-12(24-20(30)25-15-6-2-4-13(15)18(22)28)10-17(11)27-21(31)26-16-7-3-5-14(16)19(23)29/h8-10,13-16H,2-7H2,1H3,(H2,22,28)(H2,23,29)(H2,24,25,30)(H2,26,27,31)/t13-,14+,15+,16+/m0/s1. The van der Waals surface area contributed by atoms with Crippen LogP contribution in [0.4, 0.5) is 21.0 Å². The van der Waals surface area contributed by atoms with Crippen molar-refractivity contribution in [3.63, 3.8) is 0 Å². The molecular formula is C21H30N6O4. The maximum atomic E-state index is 12.4. The summed E-state index contributed by atoms with van der Waals surface area (Å²) in [5.41, 5.74) is 12.6. The van der Waals surface area contributed by atoms with Crippen molar-refractivity contribution in [3.8, 4) is 0 Å². The van der Waals surface area contributed by atoms with Gasteiger partial charge >= 0.3 is 12.1 Å². The van der Waals surface area contributed by atoms with Crippen molar-refractivity contribution in [2.75, 3.05) is 10.6 Å². The van der Waals surface area contributed by atoms with Crippen LogP contribution in [0.5, 0.6) is 0 Å². The summed E-state index contributed by atoms with van der Waals surface area (Å²) in [5.74, 6) is -1.53. The number of nitrogens with two attached hydrogens (primary N) is 2. The van der Waals surface area contributed by atoms with Gasteiger partial charge in [0.2, 0.25) is 11.8 Å². The summed E-state index contributed by atoms with van der Waals surface area (Å²) in [6.45, 7) is 1.83. The highest BCUT2D eigenvalue weighted by molar-refractivity contribution is 5.94. The number of hydrogen-bond donors (Lipinski definition) is 6. The summed E-state index contributed by atoms with van der Waals surface area (Å²) >= 11 is 0. The number of aryl methyl sites for hydroxylation is 1. The summed E-state index contributed by atoms with van der Waals surface area (Å²) in [4.78, 5) is 47.8. The highest BCUT2D eigenvalue weighted by Gasteiger charge is 2.33. The van der Waals surface area contributed by atoms with Gasteiger partial charge < -0.3 is 32.7 Å². The molecule has 3 rings (SSSR count). The van der Waals surface area contributed by atoms with Crippen LogP contribution < -0.4 is 32.7 Å². The number of rotatable bonds is 6. The minimum atomic E-state index is -0.437. The van der Waals surface area contributed by atoms with Crippen LogP contribution >= 0.6 is 0 Å². The second kappa shape index (κ2) is 9.67. The Bertz CT molecular complexity index is 873. The Labute approximate surface area is 180 Å². The molecule has 0 bridgehead atoms. The maximum absolute atomic E-state index is 12.4. The molecule has 0 radical (unpaired) electrons. The number of carbonyl (C=O) groups is 4. The number of hydrogen-bond acceptors (Lipinski definition) is 4. The fourth-order valence-corrected chi connectivity index (χ4v) is 4.44. The first kappa shape index (κ1) is 22.4. The number of carbonyl (C=O) groups excluding carboxylic acids is 4. The van der Waals surface area contributed by atoms with Gasteiger partial charge in [0, 0.05) is 23.5 Å². The number of primary amides is 2. The van der Waals surface area contributed by atoms with Gasteiger partial charge in [-0.05, 0) is 50.3 Å². The Morgan fingerprint density at radius 3 is 1.84 bits per heavy atom. The van der Waals surface area contributed by atoms with Crippen molar-refractivity contribution in [1.82, 2.24) is 10.6 Å². The van der Waals surface area contributed by atoms with Crippen molar-refractivity contribution in [2.24, 2.45) is 23.3 Å². The molecule has 2 fully saturated rings. The zero-order valence-corrected chi connectivity index (χ0v) is 17.6. The van der Waals surface area contributed by atoms with E-state index in [-0.39, 0.29) is 23.9 Å². The lowest BCUT2D eigenvalue weighted by Crippen LogP contribution is -2.44. The first-order valence-corrected chi connectivity index (χ1v) is 10.6. The highest BCUT2D eigenvalue weighted by atomic mass is 16.2. The molecule has 31 heavy (non-hydrogen) atoms. The van der Waals surface area contributed by atoms with E-state index in [4.69, 9.17) is 11.5 Å². The SMILES string of the molecule is Cc1ccc(NC(=O)N[C@@H]2CCC[C@@H]2C(N)=O)cc1NC(=O)N[C@@H]1CCC[C@H]1C(N)=O. The van der Waals surface area contributed by atoms with Crippen molar-refractivity contribution in [1.29, 1.82) is 0 Å². The summed E-state index contributed by atoms with van der Waals surface area (Å²) < 4.78 is 0. The number of anilines is 2. The van der Waals surface area contributed by atoms with Crippen LogP contribution in [0.25, 0.3) is 0 Å². The number of nitrogens with one attached hydrogen (secondary N) is 4. The molecule has 10 nitrogen and oxygen atoms in total. The molecule has 168 valence electrons. The summed E-state index contributed by atoms with van der Waals surface area (Å²) in [6, 6.07) is 3.71. The van der Waals surface area contributed by atoms with Gasteiger partial charge in [-0.25, -0.2) is 9.59 Å². The fraction of sp³-hybridized carbons (Fsp3) is 0.524. The molecule has 10 heteroatoms. The molecule has 2 saturated carbocycles. The molecule has 4 atom stereocenters. The van der Waals surface area contributed by atoms with Crippen LogP contribution in [-0.4, -0.2) is 36.0 Å². The van der Waals surface area contributed by atoms with Gasteiger partial charge in [-0.1, -0.05) is 18.9 Å². The van der Waals surface area contributed by atoms with Crippen molar-refractivity contribution >= 4 is 35.3 Å². The topological polar surface area (TPSA) is 168 Å². The first-order chi connectivity index (χ1) is 14.7. The van der Waals surface area contributed by atoms with Crippen LogP contribution in [0.3, 0.4) is 0 Å². The molecule has 0 unspecified atom stereocenters. The Morgan fingerprint density at radius 2 is 1.32 bits per heavy atom. The van der Waals surface area contributed by atoms with Gasteiger partial charge in [0.1, 0.15) is 0 Å². The molecular weight excluding hydrogens is 400 g/mol. The van der Waals surface area contributed by atoms with Gasteiger partial charge in [-0.15, -0.1) is 0 Å². The maximum Gasteiger partial charge on any atom is 0.319 e. The van der Waals surface area contributed by atoms with Crippen molar-refractivity contribution in [3.05, 3.63) is 23.8 Å². The van der Waals surface area contributed by atoms with Crippen LogP contribution in [0.1, 0.15) is 44.1 Å². The van der Waals surface area contributed by atoms with E-state index in [0.29, 0.717) is 37.1 Å². The lowest BCUT2D eigenvalue weighted by molar-refractivity contribution is -0.122. The van der Waals surface area contributed by atoms with Gasteiger partial charge in [-0.2, -0.15) is 0 Å². The number of urea groups is 2. The highest BCUT2D eigenvalue weighted by Crippen LogP contribution is 2.27. The zero-order valence-electron chi connectivity index (χ0n) is 17.6. The lowest BCUT2D eigenvalue weighted by atomic mass is 10.0. The average Bonchev–Trinajstić information content (AvgIpc) is 3.33. The second-order valence-corrected chi connectivity index (χ2v) is 8.32. The van der Waals surface area contributed by atoms with E-state index in [1.165, 1.54) is 0 Å². The molecule has 1 aromatic rings. The lowest BCUT2D eigenvalue weighted by Gasteiger charge is -2.20. The normalized spacial score (nSPS) is 24.9. The predicted octanol–water partition coefficient (Wildman–Crippen LogP) is 1.55. The molecule has 2 aliphatic rings. The van der Waals surface area contributed by atoms with Gasteiger partial charge in [-0.3, -0.25) is 9.59 Å². The minimum absolute atomic E-state index is 0.282. The fourth-order valence-electron chi connectivity index (χ4n) is 4.44. The van der Waals surface area contributed by atoms with Crippen LogP contribution in [0, 0.1) is 18.8 Å². The largest absolute Gasteiger partial charge is 0.369 e. The summed E-state index contributed by atoms with van der Waals surface area (Å²) in [6.07, 6.45) is 4.43. The molecule has 2 aliphatic carbocycles. The van der Waals surface area contributed by atoms with Crippen LogP contribution in [0.15, 0.2) is 18.2 Å². The van der Waals surface area contributed by atoms with Crippen molar-refractivity contribution < 1.29 is 19.2 Å². The van der Waals surface area contributed by atoms with Crippen LogP contribution in [0.2, 0.25) is 0 Å². The van der Waals surface area contributed by atoms with E-state index in [9.17, 15) is 19.2 Å². The number of benzene rings is 1. The summed E-state index contributed by atoms with van der Waals surface area (Å²) in [7, 11) is 0. The average molecular weight is 431 g/mol. The molecule has 8 N–H and O–H groups in total. The van der Waals surface area contributed by atoms with Crippen molar-refractivity contribution in [2.45, 2.75) is 57.5 Å². The molecule has 0 heterocycles. The van der Waals surface area contributed by atoms with E-state index in [1.807, 2.05) is 6.92 Å². The Balaban J connectivity index is 1.58. The van der Waals surface area contributed by atoms with E-state index in [0.717, 1.165) is 18.4 Å². The smallest absolute Gasteiger partial charge is 0.319 e. The monoisotopic (exact) mass is 430 g/mol. The Hall–Kier alpha value is -3.30. The third-order valence-electron chi connectivity index (χ3n) is 6.14. The molecule has 0 aromatic heterocycles. The molecule has 6 amide bonds. The van der Waals surface area contributed by atoms with Crippen LogP contribution in [-0.2, 0) is 9.59 Å². The van der Waals surface area contributed by atoms with Gasteiger partial charge in [0.05, 0.1) is 11.8 Å². The van der Waals surface area contributed by atoms with Gasteiger partial charge in [0.25, 0.3) is 0 Å². The molecule has 1 aromatic carbocycles. The van der Waals surface area contributed by atoms with E-state index in [2.05, 4.69) is 21.3 Å². The second-order valence-electron chi connectivity index (χ2n) is 8.32. The Morgan fingerprint density at radius 1 is 0.806 bits per heavy atom. The zero-order chi connectivity index (χ0) is 22.5. The Kier molecular flexibility index (Phi) is 6.98. The van der Waals surface area contributed by atoms with Gasteiger partial charge in [0.15, 0.2) is 0 Å². The molecule has 0 saturated heterocycles. The predicted molar refractivity (Wildman–Crippen MR) is 116 cm³/mol. The molecule has 0 aliphatic heterocycles. The minimum Gasteiger partial charge on any atom is -0.369 e. The van der Waals surface area contributed by atoms with E-state index < -0.39 is 23.9 Å². The summed E-state index contributed by atoms with van der Waals surface area (Å²) in [5, 5.41) is 11.1. The number of amides is 6. The van der Waals surface area contributed by atoms with E-state index >= 15 is 0 Å². The third kappa shape index (κ3) is 5.65. The third-order valence-corrected chi connectivity index (χ3v) is 6.14. The quantitative estimate of drug-likeness (QED) is 0.403.